The summed E-state index contributed by atoms with van der Waals surface area (Å²) in [6.07, 6.45) is 1.59. The van der Waals surface area contributed by atoms with Gasteiger partial charge < -0.3 is 14.2 Å². The molecule has 0 atom stereocenters. The number of benzene rings is 1. The predicted octanol–water partition coefficient (Wildman–Crippen LogP) is 2.68. The van der Waals surface area contributed by atoms with Gasteiger partial charge >= 0.3 is 11.9 Å². The Morgan fingerprint density at radius 3 is 2.28 bits per heavy atom. The number of esters is 2. The molecule has 0 saturated carbocycles. The number of ketones is 1. The molecule has 128 valence electrons. The third-order valence-electron chi connectivity index (χ3n) is 4.34. The predicted molar refractivity (Wildman–Crippen MR) is 86.1 cm³/mol. The standard InChI is InChI=1S/C19H16O6/c1-19(2)24-17(21)16(18(22)25-19)14-10-6-3-4-8-12(10)23-13-9-5-7-11(20)15(13)14/h3-4,6,8H,5,7,9H2,1-2H3. The Morgan fingerprint density at radius 1 is 0.880 bits per heavy atom. The molecule has 4 rings (SSSR count). The summed E-state index contributed by atoms with van der Waals surface area (Å²) >= 11 is 0. The van der Waals surface area contributed by atoms with E-state index in [0.717, 1.165) is 0 Å². The third-order valence-corrected chi connectivity index (χ3v) is 4.34. The number of ether oxygens (including phenoxy) is 3. The summed E-state index contributed by atoms with van der Waals surface area (Å²) in [7, 11) is 0. The Morgan fingerprint density at radius 2 is 1.56 bits per heavy atom. The fourth-order valence-corrected chi connectivity index (χ4v) is 3.34. The zero-order valence-electron chi connectivity index (χ0n) is 13.9. The van der Waals surface area contributed by atoms with E-state index in [1.165, 1.54) is 13.8 Å². The molecule has 0 spiro atoms. The highest BCUT2D eigenvalue weighted by Crippen LogP contribution is 2.45. The van der Waals surface area contributed by atoms with E-state index in [2.05, 4.69) is 0 Å². The van der Waals surface area contributed by atoms with Gasteiger partial charge in [-0.05, 0) is 12.5 Å². The Bertz CT molecular complexity index is 865. The maximum Gasteiger partial charge on any atom is 0.349 e. The molecule has 6 nitrogen and oxygen atoms in total. The van der Waals surface area contributed by atoms with Crippen molar-refractivity contribution in [2.24, 2.45) is 0 Å². The van der Waals surface area contributed by atoms with Crippen molar-refractivity contribution >= 4 is 23.3 Å². The van der Waals surface area contributed by atoms with Crippen LogP contribution in [-0.2, 0) is 23.9 Å². The Balaban J connectivity index is 2.00. The zero-order chi connectivity index (χ0) is 17.8. The minimum atomic E-state index is -1.34. The molecule has 1 fully saturated rings. The molecule has 3 aliphatic rings. The second-order valence-corrected chi connectivity index (χ2v) is 6.60. The summed E-state index contributed by atoms with van der Waals surface area (Å²) in [5.74, 6) is -2.08. The second-order valence-electron chi connectivity index (χ2n) is 6.60. The second kappa shape index (κ2) is 5.31. The van der Waals surface area contributed by atoms with Crippen molar-refractivity contribution < 1.29 is 28.6 Å². The van der Waals surface area contributed by atoms with E-state index in [1.807, 2.05) is 0 Å². The van der Waals surface area contributed by atoms with Gasteiger partial charge in [0.25, 0.3) is 5.79 Å². The number of hydrogen-bond acceptors (Lipinski definition) is 6. The van der Waals surface area contributed by atoms with Crippen LogP contribution >= 0.6 is 0 Å². The average molecular weight is 340 g/mol. The van der Waals surface area contributed by atoms with Gasteiger partial charge in [-0.25, -0.2) is 9.59 Å². The highest BCUT2D eigenvalue weighted by molar-refractivity contribution is 6.27. The van der Waals surface area contributed by atoms with Crippen LogP contribution in [0.2, 0.25) is 0 Å². The third kappa shape index (κ3) is 2.45. The van der Waals surface area contributed by atoms with Crippen LogP contribution in [0.5, 0.6) is 5.75 Å². The van der Waals surface area contributed by atoms with Crippen LogP contribution in [0.25, 0.3) is 5.57 Å². The van der Waals surface area contributed by atoms with E-state index in [-0.39, 0.29) is 22.5 Å². The Kier molecular flexibility index (Phi) is 3.32. The molecule has 25 heavy (non-hydrogen) atoms. The minimum absolute atomic E-state index is 0.149. The molecule has 0 unspecified atom stereocenters. The molecule has 0 aromatic heterocycles. The molecule has 0 bridgehead atoms. The molecule has 1 aliphatic carbocycles. The summed E-state index contributed by atoms with van der Waals surface area (Å²) in [6.45, 7) is 2.97. The van der Waals surface area contributed by atoms with Crippen molar-refractivity contribution in [2.45, 2.75) is 38.9 Å². The van der Waals surface area contributed by atoms with Crippen LogP contribution in [0.15, 0.2) is 41.2 Å². The van der Waals surface area contributed by atoms with E-state index in [9.17, 15) is 14.4 Å². The molecule has 0 amide bonds. The topological polar surface area (TPSA) is 78.9 Å². The van der Waals surface area contributed by atoms with Crippen molar-refractivity contribution in [2.75, 3.05) is 0 Å². The number of hydrogen-bond donors (Lipinski definition) is 0. The molecule has 6 heteroatoms. The van der Waals surface area contributed by atoms with Crippen LogP contribution in [0, 0.1) is 0 Å². The fraction of sp³-hybridized carbons (Fsp3) is 0.316. The smallest absolute Gasteiger partial charge is 0.349 e. The molecule has 0 N–H and O–H groups in total. The van der Waals surface area contributed by atoms with Crippen molar-refractivity contribution in [1.82, 2.24) is 0 Å². The van der Waals surface area contributed by atoms with Crippen molar-refractivity contribution in [1.29, 1.82) is 0 Å². The lowest BCUT2D eigenvalue weighted by Crippen LogP contribution is -2.42. The van der Waals surface area contributed by atoms with Gasteiger partial charge in [0.1, 0.15) is 11.5 Å². The number of cyclic esters (lactones) is 2. The number of carbonyl (C=O) groups is 3. The first-order valence-electron chi connectivity index (χ1n) is 8.12. The average Bonchev–Trinajstić information content (AvgIpc) is 2.52. The minimum Gasteiger partial charge on any atom is -0.460 e. The molecule has 1 aromatic carbocycles. The molecule has 1 saturated heterocycles. The zero-order valence-corrected chi connectivity index (χ0v) is 13.9. The van der Waals surface area contributed by atoms with Gasteiger partial charge in [0.15, 0.2) is 11.4 Å². The summed E-state index contributed by atoms with van der Waals surface area (Å²) < 4.78 is 16.3. The van der Waals surface area contributed by atoms with Gasteiger partial charge in [0.2, 0.25) is 0 Å². The monoisotopic (exact) mass is 340 g/mol. The summed E-state index contributed by atoms with van der Waals surface area (Å²) in [4.78, 5) is 37.7. The SMILES string of the molecule is CC1(C)OC(=O)C(=C2C3=C(CCCC3=O)Oc3ccccc32)C(=O)O1. The van der Waals surface area contributed by atoms with Gasteiger partial charge in [-0.2, -0.15) is 0 Å². The number of carbonyl (C=O) groups excluding carboxylic acids is 3. The van der Waals surface area contributed by atoms with Crippen molar-refractivity contribution in [3.63, 3.8) is 0 Å². The van der Waals surface area contributed by atoms with Crippen LogP contribution < -0.4 is 4.74 Å². The normalized spacial score (nSPS) is 21.9. The number of allylic oxidation sites excluding steroid dienone is 3. The van der Waals surface area contributed by atoms with E-state index in [1.54, 1.807) is 24.3 Å². The van der Waals surface area contributed by atoms with E-state index >= 15 is 0 Å². The van der Waals surface area contributed by atoms with Crippen LogP contribution in [0.3, 0.4) is 0 Å². The van der Waals surface area contributed by atoms with Gasteiger partial charge in [-0.1, -0.05) is 18.2 Å². The van der Waals surface area contributed by atoms with Crippen LogP contribution in [0.4, 0.5) is 0 Å². The fourth-order valence-electron chi connectivity index (χ4n) is 3.34. The first-order valence-corrected chi connectivity index (χ1v) is 8.12. The largest absolute Gasteiger partial charge is 0.460 e. The maximum atomic E-state index is 12.6. The first-order chi connectivity index (χ1) is 11.9. The number of Topliss-reactive ketones (excluding diaryl/α,β-unsaturated/α-hetero) is 1. The summed E-state index contributed by atoms with van der Waals surface area (Å²) in [5.41, 5.74) is 0.804. The van der Waals surface area contributed by atoms with Gasteiger partial charge in [0, 0.05) is 37.8 Å². The van der Waals surface area contributed by atoms with Gasteiger partial charge in [-0.15, -0.1) is 0 Å². The molecule has 1 aromatic rings. The first kappa shape index (κ1) is 15.6. The van der Waals surface area contributed by atoms with E-state index < -0.39 is 17.7 Å². The summed E-state index contributed by atoms with van der Waals surface area (Å²) in [5, 5.41) is 0. The molecule has 2 aliphatic heterocycles. The van der Waals surface area contributed by atoms with Gasteiger partial charge in [-0.3, -0.25) is 4.79 Å². The number of fused-ring (bicyclic) bond motifs is 1. The van der Waals surface area contributed by atoms with Crippen molar-refractivity contribution in [3.8, 4) is 5.75 Å². The number of rotatable bonds is 0. The van der Waals surface area contributed by atoms with E-state index in [4.69, 9.17) is 14.2 Å². The summed E-state index contributed by atoms with van der Waals surface area (Å²) in [6, 6.07) is 6.99. The molecular weight excluding hydrogens is 324 g/mol. The lowest BCUT2D eigenvalue weighted by Gasteiger charge is -2.33. The van der Waals surface area contributed by atoms with Crippen molar-refractivity contribution in [3.05, 3.63) is 46.7 Å². The lowest BCUT2D eigenvalue weighted by atomic mass is 9.82. The quantitative estimate of drug-likeness (QED) is 0.410. The van der Waals surface area contributed by atoms with E-state index in [0.29, 0.717) is 36.3 Å². The molecular formula is C19H16O6. The highest BCUT2D eigenvalue weighted by Gasteiger charge is 2.44. The maximum absolute atomic E-state index is 12.6. The molecule has 2 heterocycles. The van der Waals surface area contributed by atoms with Crippen LogP contribution in [-0.4, -0.2) is 23.5 Å². The Hall–Kier alpha value is -2.89. The number of para-hydroxylation sites is 1. The lowest BCUT2D eigenvalue weighted by molar-refractivity contribution is -0.222. The highest BCUT2D eigenvalue weighted by atomic mass is 16.7. The van der Waals surface area contributed by atoms with Gasteiger partial charge in [0.05, 0.1) is 5.57 Å². The molecule has 0 radical (unpaired) electrons. The Labute approximate surface area is 144 Å². The van der Waals surface area contributed by atoms with Crippen LogP contribution in [0.1, 0.15) is 38.7 Å².